The van der Waals surface area contributed by atoms with Crippen LogP contribution in [0.25, 0.3) is 10.9 Å². The van der Waals surface area contributed by atoms with Crippen LogP contribution in [0.5, 0.6) is 5.75 Å². The third-order valence-electron chi connectivity index (χ3n) is 7.62. The number of imide groups is 1. The van der Waals surface area contributed by atoms with Gasteiger partial charge in [0, 0.05) is 36.0 Å². The number of benzene rings is 2. The van der Waals surface area contributed by atoms with Crippen molar-refractivity contribution in [2.75, 3.05) is 20.2 Å². The Labute approximate surface area is 204 Å². The number of amides is 3. The molecule has 1 atom stereocenters. The number of carbonyl (C=O) groups excluding carboxylic acids is 3. The van der Waals surface area contributed by atoms with Crippen LogP contribution in [0.4, 0.5) is 0 Å². The fraction of sp³-hybridized carbons (Fsp3) is 0.393. The van der Waals surface area contributed by atoms with Gasteiger partial charge in [-0.2, -0.15) is 0 Å². The lowest BCUT2D eigenvalue weighted by molar-refractivity contribution is -0.145. The first-order chi connectivity index (χ1) is 17.0. The standard InChI is InChI=1S/C28H31N3O4/c1-35-20-11-9-19(10-12-20)22(23-17-29-24-8-4-3-7-21(23)24)16-30-25(32)18-31-26(33)15-28(27(31)34)13-5-2-6-14-28/h3-4,7-12,17,22,29H,2,5-6,13-16,18H2,1H3,(H,30,32). The van der Waals surface area contributed by atoms with Crippen molar-refractivity contribution in [1.82, 2.24) is 15.2 Å². The van der Waals surface area contributed by atoms with E-state index in [2.05, 4.69) is 16.4 Å². The van der Waals surface area contributed by atoms with Crippen molar-refractivity contribution >= 4 is 28.6 Å². The Morgan fingerprint density at radius 3 is 2.57 bits per heavy atom. The van der Waals surface area contributed by atoms with Gasteiger partial charge in [0.25, 0.3) is 0 Å². The largest absolute Gasteiger partial charge is 0.497 e. The molecule has 0 bridgehead atoms. The second-order valence-corrected chi connectivity index (χ2v) is 9.72. The summed E-state index contributed by atoms with van der Waals surface area (Å²) in [7, 11) is 1.63. The molecule has 2 aromatic carbocycles. The molecular formula is C28H31N3O4. The third-order valence-corrected chi connectivity index (χ3v) is 7.62. The van der Waals surface area contributed by atoms with Gasteiger partial charge in [-0.15, -0.1) is 0 Å². The SMILES string of the molecule is COc1ccc(C(CNC(=O)CN2C(=O)CC3(CCCCC3)C2=O)c2c[nH]c3ccccc23)cc1. The van der Waals surface area contributed by atoms with E-state index in [0.717, 1.165) is 59.9 Å². The number of hydrogen-bond acceptors (Lipinski definition) is 4. The smallest absolute Gasteiger partial charge is 0.240 e. The molecule has 3 aromatic rings. The maximum atomic E-state index is 13.1. The number of methoxy groups -OCH3 is 1. The number of rotatable bonds is 7. The van der Waals surface area contributed by atoms with Crippen molar-refractivity contribution in [3.8, 4) is 5.75 Å². The van der Waals surface area contributed by atoms with E-state index in [1.807, 2.05) is 48.7 Å². The number of fused-ring (bicyclic) bond motifs is 1. The van der Waals surface area contributed by atoms with Gasteiger partial charge < -0.3 is 15.0 Å². The zero-order valence-electron chi connectivity index (χ0n) is 20.0. The van der Waals surface area contributed by atoms with Crippen LogP contribution < -0.4 is 10.1 Å². The number of ether oxygens (including phenoxy) is 1. The Morgan fingerprint density at radius 1 is 1.09 bits per heavy atom. The maximum Gasteiger partial charge on any atom is 0.240 e. The van der Waals surface area contributed by atoms with Crippen molar-refractivity contribution in [1.29, 1.82) is 0 Å². The number of para-hydroxylation sites is 1. The van der Waals surface area contributed by atoms with Crippen LogP contribution >= 0.6 is 0 Å². The lowest BCUT2D eigenvalue weighted by Gasteiger charge is -2.30. The molecule has 2 N–H and O–H groups in total. The highest BCUT2D eigenvalue weighted by Crippen LogP contribution is 2.45. The van der Waals surface area contributed by atoms with E-state index in [-0.39, 0.29) is 36.6 Å². The summed E-state index contributed by atoms with van der Waals surface area (Å²) in [6.07, 6.45) is 6.74. The predicted octanol–water partition coefficient (Wildman–Crippen LogP) is 4.13. The zero-order chi connectivity index (χ0) is 24.4. The van der Waals surface area contributed by atoms with Gasteiger partial charge in [0.2, 0.25) is 17.7 Å². The molecule has 2 fully saturated rings. The van der Waals surface area contributed by atoms with E-state index in [1.165, 1.54) is 4.90 Å². The molecule has 7 heteroatoms. The summed E-state index contributed by atoms with van der Waals surface area (Å²) >= 11 is 0. The molecule has 5 rings (SSSR count). The number of nitrogens with zero attached hydrogens (tertiary/aromatic N) is 1. The average molecular weight is 474 g/mol. The number of nitrogens with one attached hydrogen (secondary N) is 2. The molecule has 0 radical (unpaired) electrons. The van der Waals surface area contributed by atoms with Crippen LogP contribution in [0.3, 0.4) is 0 Å². The van der Waals surface area contributed by atoms with Gasteiger partial charge in [-0.3, -0.25) is 19.3 Å². The molecule has 35 heavy (non-hydrogen) atoms. The third kappa shape index (κ3) is 4.43. The van der Waals surface area contributed by atoms with Crippen LogP contribution in [0.15, 0.2) is 54.7 Å². The van der Waals surface area contributed by atoms with E-state index in [1.54, 1.807) is 7.11 Å². The fourth-order valence-electron chi connectivity index (χ4n) is 5.68. The Morgan fingerprint density at radius 2 is 1.83 bits per heavy atom. The lowest BCUT2D eigenvalue weighted by atomic mass is 9.73. The summed E-state index contributed by atoms with van der Waals surface area (Å²) in [6, 6.07) is 15.9. The highest BCUT2D eigenvalue weighted by atomic mass is 16.5. The number of likely N-dealkylation sites (tertiary alicyclic amines) is 1. The number of aromatic nitrogens is 1. The molecule has 1 aromatic heterocycles. The van der Waals surface area contributed by atoms with Gasteiger partial charge in [-0.05, 0) is 42.2 Å². The predicted molar refractivity (Wildman–Crippen MR) is 133 cm³/mol. The molecular weight excluding hydrogens is 442 g/mol. The molecule has 1 saturated carbocycles. The van der Waals surface area contributed by atoms with E-state index in [9.17, 15) is 14.4 Å². The molecule has 2 heterocycles. The van der Waals surface area contributed by atoms with Crippen LogP contribution in [0, 0.1) is 5.41 Å². The second-order valence-electron chi connectivity index (χ2n) is 9.72. The Balaban J connectivity index is 1.33. The first kappa shape index (κ1) is 23.1. The van der Waals surface area contributed by atoms with E-state index in [0.29, 0.717) is 6.54 Å². The Kier molecular flexibility index (Phi) is 6.32. The van der Waals surface area contributed by atoms with Crippen LogP contribution in [-0.2, 0) is 14.4 Å². The molecule has 7 nitrogen and oxygen atoms in total. The van der Waals surface area contributed by atoms with Crippen molar-refractivity contribution in [2.45, 2.75) is 44.4 Å². The molecule has 1 aliphatic carbocycles. The molecule has 1 aliphatic heterocycles. The van der Waals surface area contributed by atoms with Gasteiger partial charge in [0.15, 0.2) is 0 Å². The van der Waals surface area contributed by atoms with Crippen molar-refractivity contribution in [3.63, 3.8) is 0 Å². The second kappa shape index (κ2) is 9.56. The van der Waals surface area contributed by atoms with Crippen molar-refractivity contribution in [2.24, 2.45) is 5.41 Å². The van der Waals surface area contributed by atoms with Gasteiger partial charge >= 0.3 is 0 Å². The number of carbonyl (C=O) groups is 3. The van der Waals surface area contributed by atoms with Crippen LogP contribution in [0.1, 0.15) is 55.6 Å². The first-order valence-corrected chi connectivity index (χ1v) is 12.3. The van der Waals surface area contributed by atoms with Gasteiger partial charge in [0.1, 0.15) is 12.3 Å². The summed E-state index contributed by atoms with van der Waals surface area (Å²) in [6.45, 7) is 0.122. The highest BCUT2D eigenvalue weighted by Gasteiger charge is 2.51. The fourth-order valence-corrected chi connectivity index (χ4v) is 5.68. The molecule has 2 aliphatic rings. The van der Waals surface area contributed by atoms with Crippen LogP contribution in [0.2, 0.25) is 0 Å². The zero-order valence-corrected chi connectivity index (χ0v) is 20.0. The molecule has 3 amide bonds. The van der Waals surface area contributed by atoms with Crippen molar-refractivity contribution in [3.05, 3.63) is 65.9 Å². The Bertz CT molecular complexity index is 1240. The average Bonchev–Trinajstić information content (AvgIpc) is 3.40. The van der Waals surface area contributed by atoms with E-state index in [4.69, 9.17) is 4.74 Å². The molecule has 1 unspecified atom stereocenters. The molecule has 1 spiro atoms. The van der Waals surface area contributed by atoms with Gasteiger partial charge in [-0.1, -0.05) is 49.6 Å². The van der Waals surface area contributed by atoms with Crippen molar-refractivity contribution < 1.29 is 19.1 Å². The van der Waals surface area contributed by atoms with Gasteiger partial charge in [-0.25, -0.2) is 0 Å². The minimum atomic E-state index is -0.578. The number of hydrogen-bond donors (Lipinski definition) is 2. The minimum absolute atomic E-state index is 0.115. The number of aromatic amines is 1. The lowest BCUT2D eigenvalue weighted by Crippen LogP contribution is -2.43. The molecule has 182 valence electrons. The normalized spacial score (nSPS) is 18.3. The summed E-state index contributed by atoms with van der Waals surface area (Å²) in [5, 5.41) is 4.08. The van der Waals surface area contributed by atoms with E-state index >= 15 is 0 Å². The summed E-state index contributed by atoms with van der Waals surface area (Å²) in [5.41, 5.74) is 2.55. The topological polar surface area (TPSA) is 91.5 Å². The first-order valence-electron chi connectivity index (χ1n) is 12.3. The van der Waals surface area contributed by atoms with E-state index < -0.39 is 5.41 Å². The van der Waals surface area contributed by atoms with Gasteiger partial charge in [0.05, 0.1) is 12.5 Å². The maximum absolute atomic E-state index is 13.1. The summed E-state index contributed by atoms with van der Waals surface area (Å²) < 4.78 is 5.30. The quantitative estimate of drug-likeness (QED) is 0.505. The van der Waals surface area contributed by atoms with Crippen LogP contribution in [-0.4, -0.2) is 47.8 Å². The minimum Gasteiger partial charge on any atom is -0.497 e. The Hall–Kier alpha value is -3.61. The summed E-state index contributed by atoms with van der Waals surface area (Å²) in [5.74, 6) is -0.0668. The highest BCUT2D eigenvalue weighted by molar-refractivity contribution is 6.08. The monoisotopic (exact) mass is 473 g/mol. The number of H-pyrrole nitrogens is 1. The molecule has 1 saturated heterocycles. The summed E-state index contributed by atoms with van der Waals surface area (Å²) in [4.78, 5) is 43.2.